The maximum Gasteiger partial charge on any atom is 0.246 e. The van der Waals surface area contributed by atoms with Crippen molar-refractivity contribution in [2.24, 2.45) is 0 Å². The highest BCUT2D eigenvalue weighted by Crippen LogP contribution is 2.28. The Balaban J connectivity index is 1.76. The van der Waals surface area contributed by atoms with Gasteiger partial charge >= 0.3 is 0 Å². The van der Waals surface area contributed by atoms with Gasteiger partial charge in [0.15, 0.2) is 0 Å². The molecule has 2 aromatic carbocycles. The Labute approximate surface area is 186 Å². The number of nitrogens with zero attached hydrogens (tertiary/aromatic N) is 3. The number of carbonyl (C=O) groups is 1. The fourth-order valence-corrected chi connectivity index (χ4v) is 5.41. The molecule has 3 rings (SSSR count). The lowest BCUT2D eigenvalue weighted by molar-refractivity contribution is -0.134. The quantitative estimate of drug-likeness (QED) is 0.659. The Morgan fingerprint density at radius 3 is 2.26 bits per heavy atom. The lowest BCUT2D eigenvalue weighted by Crippen LogP contribution is -2.55. The van der Waals surface area contributed by atoms with E-state index in [1.807, 2.05) is 62.1 Å². The largest absolute Gasteiger partial charge is 0.338 e. The van der Waals surface area contributed by atoms with Gasteiger partial charge in [-0.1, -0.05) is 49.4 Å². The summed E-state index contributed by atoms with van der Waals surface area (Å²) in [5, 5.41) is 0. The van der Waals surface area contributed by atoms with Crippen molar-refractivity contribution >= 4 is 21.6 Å². The number of hydrogen-bond acceptors (Lipinski definition) is 4. The van der Waals surface area contributed by atoms with Crippen molar-refractivity contribution in [1.82, 2.24) is 9.80 Å². The summed E-state index contributed by atoms with van der Waals surface area (Å²) < 4.78 is 26.9. The van der Waals surface area contributed by atoms with E-state index in [1.165, 1.54) is 16.1 Å². The third-order valence-corrected chi connectivity index (χ3v) is 7.01. The van der Waals surface area contributed by atoms with Crippen LogP contribution < -0.4 is 4.31 Å². The predicted molar refractivity (Wildman–Crippen MR) is 126 cm³/mol. The van der Waals surface area contributed by atoms with Crippen LogP contribution in [0.15, 0.2) is 48.5 Å². The Morgan fingerprint density at radius 1 is 1.03 bits per heavy atom. The van der Waals surface area contributed by atoms with E-state index in [4.69, 9.17) is 0 Å². The van der Waals surface area contributed by atoms with Gasteiger partial charge in [-0.25, -0.2) is 8.42 Å². The molecule has 1 aliphatic rings. The average Bonchev–Trinajstić information content (AvgIpc) is 2.74. The van der Waals surface area contributed by atoms with Crippen LogP contribution in [0.3, 0.4) is 0 Å². The van der Waals surface area contributed by atoms with Gasteiger partial charge in [0.1, 0.15) is 6.04 Å². The summed E-state index contributed by atoms with van der Waals surface area (Å²) in [5.41, 5.74) is 3.65. The third kappa shape index (κ3) is 5.66. The minimum Gasteiger partial charge on any atom is -0.338 e. The van der Waals surface area contributed by atoms with Gasteiger partial charge in [0.05, 0.1) is 11.9 Å². The van der Waals surface area contributed by atoms with Crippen molar-refractivity contribution < 1.29 is 13.2 Å². The summed E-state index contributed by atoms with van der Waals surface area (Å²) in [7, 11) is -3.63. The molecular formula is C24H33N3O3S. The number of benzene rings is 2. The molecule has 1 heterocycles. The Morgan fingerprint density at radius 2 is 1.68 bits per heavy atom. The monoisotopic (exact) mass is 443 g/mol. The molecule has 0 aromatic heterocycles. The third-order valence-electron chi connectivity index (χ3n) is 5.85. The molecule has 1 fully saturated rings. The van der Waals surface area contributed by atoms with Crippen LogP contribution in [0.2, 0.25) is 0 Å². The summed E-state index contributed by atoms with van der Waals surface area (Å²) in [6.45, 7) is 9.30. The highest BCUT2D eigenvalue weighted by molar-refractivity contribution is 7.92. The van der Waals surface area contributed by atoms with Gasteiger partial charge in [0.2, 0.25) is 15.9 Å². The molecule has 0 radical (unpaired) electrons. The number of hydrogen-bond donors (Lipinski definition) is 0. The molecule has 0 saturated carbocycles. The Bertz CT molecular complexity index is 1000. The first kappa shape index (κ1) is 23.3. The first-order valence-electron chi connectivity index (χ1n) is 10.8. The number of rotatable bonds is 7. The Kier molecular flexibility index (Phi) is 7.38. The number of amides is 1. The smallest absolute Gasteiger partial charge is 0.246 e. The van der Waals surface area contributed by atoms with Gasteiger partial charge in [-0.2, -0.15) is 0 Å². The molecule has 0 unspecified atom stereocenters. The van der Waals surface area contributed by atoms with Crippen LogP contribution in [0, 0.1) is 13.8 Å². The van der Waals surface area contributed by atoms with Crippen LogP contribution in [0.4, 0.5) is 5.69 Å². The van der Waals surface area contributed by atoms with E-state index in [-0.39, 0.29) is 5.91 Å². The van der Waals surface area contributed by atoms with Gasteiger partial charge in [0, 0.05) is 32.7 Å². The highest BCUT2D eigenvalue weighted by atomic mass is 32.2. The summed E-state index contributed by atoms with van der Waals surface area (Å²) in [5.74, 6) is -0.117. The summed E-state index contributed by atoms with van der Waals surface area (Å²) in [6.07, 6.45) is 1.60. The maximum absolute atomic E-state index is 13.5. The van der Waals surface area contributed by atoms with Crippen molar-refractivity contribution in [1.29, 1.82) is 0 Å². The van der Waals surface area contributed by atoms with Crippen LogP contribution in [0.25, 0.3) is 0 Å². The zero-order valence-corrected chi connectivity index (χ0v) is 19.7. The number of aryl methyl sites for hydroxylation is 2. The second-order valence-electron chi connectivity index (χ2n) is 8.36. The van der Waals surface area contributed by atoms with Crippen LogP contribution in [0.5, 0.6) is 0 Å². The molecule has 1 saturated heterocycles. The SMILES string of the molecule is CC[C@H](C(=O)N1CCN(Cc2ccccc2)CC1)N(c1cc(C)ccc1C)S(C)(=O)=O. The molecule has 1 aliphatic heterocycles. The van der Waals surface area contributed by atoms with Gasteiger partial charge in [-0.05, 0) is 43.0 Å². The van der Waals surface area contributed by atoms with Gasteiger partial charge in [-0.3, -0.25) is 14.0 Å². The normalized spacial score (nSPS) is 16.2. The topological polar surface area (TPSA) is 60.9 Å². The van der Waals surface area contributed by atoms with E-state index in [9.17, 15) is 13.2 Å². The first-order valence-corrected chi connectivity index (χ1v) is 12.7. The van der Waals surface area contributed by atoms with Gasteiger partial charge < -0.3 is 4.90 Å². The molecular weight excluding hydrogens is 410 g/mol. The lowest BCUT2D eigenvalue weighted by Gasteiger charge is -2.39. The maximum atomic E-state index is 13.5. The Hall–Kier alpha value is -2.38. The fraction of sp³-hybridized carbons (Fsp3) is 0.458. The first-order chi connectivity index (χ1) is 14.7. The van der Waals surface area contributed by atoms with E-state index in [0.717, 1.165) is 30.8 Å². The summed E-state index contributed by atoms with van der Waals surface area (Å²) >= 11 is 0. The lowest BCUT2D eigenvalue weighted by atomic mass is 10.1. The zero-order valence-electron chi connectivity index (χ0n) is 18.9. The second kappa shape index (κ2) is 9.83. The molecule has 1 amide bonds. The van der Waals surface area contributed by atoms with E-state index in [1.54, 1.807) is 0 Å². The van der Waals surface area contributed by atoms with Crippen molar-refractivity contribution in [2.45, 2.75) is 39.8 Å². The van der Waals surface area contributed by atoms with Crippen LogP contribution in [-0.2, 0) is 21.4 Å². The van der Waals surface area contributed by atoms with Crippen molar-refractivity contribution in [3.8, 4) is 0 Å². The predicted octanol–water partition coefficient (Wildman–Crippen LogP) is 3.19. The number of anilines is 1. The van der Waals surface area contributed by atoms with Gasteiger partial charge in [0.25, 0.3) is 0 Å². The van der Waals surface area contributed by atoms with Crippen molar-refractivity contribution in [3.63, 3.8) is 0 Å². The molecule has 31 heavy (non-hydrogen) atoms. The van der Waals surface area contributed by atoms with Crippen molar-refractivity contribution in [2.75, 3.05) is 36.7 Å². The molecule has 168 valence electrons. The molecule has 0 N–H and O–H groups in total. The molecule has 2 aromatic rings. The van der Waals surface area contributed by atoms with E-state index in [2.05, 4.69) is 17.0 Å². The van der Waals surface area contributed by atoms with Crippen LogP contribution >= 0.6 is 0 Å². The molecule has 0 spiro atoms. The minimum absolute atomic E-state index is 0.117. The molecule has 1 atom stereocenters. The molecule has 7 heteroatoms. The van der Waals surface area contributed by atoms with E-state index in [0.29, 0.717) is 25.2 Å². The highest BCUT2D eigenvalue weighted by Gasteiger charge is 2.36. The van der Waals surface area contributed by atoms with Crippen LogP contribution in [0.1, 0.15) is 30.0 Å². The fourth-order valence-electron chi connectivity index (χ4n) is 4.15. The number of carbonyl (C=O) groups excluding carboxylic acids is 1. The second-order valence-corrected chi connectivity index (χ2v) is 10.2. The molecule has 6 nitrogen and oxygen atoms in total. The van der Waals surface area contributed by atoms with Crippen LogP contribution in [-0.4, -0.2) is 62.6 Å². The number of sulfonamides is 1. The number of piperazine rings is 1. The molecule has 0 bridgehead atoms. The standard InChI is InChI=1S/C24H33N3O3S/c1-5-22(27(31(4,29)30)23-17-19(2)11-12-20(23)3)24(28)26-15-13-25(14-16-26)18-21-9-7-6-8-10-21/h6-12,17,22H,5,13-16,18H2,1-4H3/t22-/m1/s1. The zero-order chi connectivity index (χ0) is 22.6. The summed E-state index contributed by atoms with van der Waals surface area (Å²) in [6, 6.07) is 15.3. The van der Waals surface area contributed by atoms with Gasteiger partial charge in [-0.15, -0.1) is 0 Å². The minimum atomic E-state index is -3.63. The van der Waals surface area contributed by atoms with Crippen molar-refractivity contribution in [3.05, 3.63) is 65.2 Å². The molecule has 0 aliphatic carbocycles. The van der Waals surface area contributed by atoms with E-state index >= 15 is 0 Å². The average molecular weight is 444 g/mol. The summed E-state index contributed by atoms with van der Waals surface area (Å²) in [4.78, 5) is 17.6. The van der Waals surface area contributed by atoms with E-state index < -0.39 is 16.1 Å².